The number of rotatable bonds is 4. The van der Waals surface area contributed by atoms with Crippen molar-refractivity contribution >= 4 is 0 Å². The van der Waals surface area contributed by atoms with Crippen LogP contribution in [0.4, 0.5) is 0 Å². The Morgan fingerprint density at radius 2 is 1.95 bits per heavy atom. The van der Waals surface area contributed by atoms with Crippen LogP contribution in [0.3, 0.4) is 0 Å². The van der Waals surface area contributed by atoms with Gasteiger partial charge in [0.05, 0.1) is 5.69 Å². The second kappa shape index (κ2) is 5.57. The Labute approximate surface area is 115 Å². The molecule has 2 rings (SSSR count). The zero-order valence-electron chi connectivity index (χ0n) is 12.4. The van der Waals surface area contributed by atoms with E-state index in [4.69, 9.17) is 0 Å². The van der Waals surface area contributed by atoms with E-state index in [2.05, 4.69) is 61.6 Å². The largest absolute Gasteiger partial charge is 0.313 e. The second-order valence-corrected chi connectivity index (χ2v) is 5.39. The van der Waals surface area contributed by atoms with Crippen molar-refractivity contribution in [2.75, 3.05) is 7.05 Å². The second-order valence-electron chi connectivity index (χ2n) is 5.39. The molecule has 0 fully saturated rings. The fourth-order valence-corrected chi connectivity index (χ4v) is 2.30. The predicted octanol–water partition coefficient (Wildman–Crippen LogP) is 3.49. The van der Waals surface area contributed by atoms with Gasteiger partial charge in [-0.3, -0.25) is 4.68 Å². The van der Waals surface area contributed by atoms with Crippen LogP contribution in [0.1, 0.15) is 44.0 Å². The van der Waals surface area contributed by atoms with Crippen molar-refractivity contribution in [3.63, 3.8) is 0 Å². The summed E-state index contributed by atoms with van der Waals surface area (Å²) < 4.78 is 1.90. The Morgan fingerprint density at radius 1 is 1.21 bits per heavy atom. The van der Waals surface area contributed by atoms with Crippen LogP contribution in [0.5, 0.6) is 0 Å². The van der Waals surface area contributed by atoms with Gasteiger partial charge in [-0.1, -0.05) is 32.0 Å². The molecular formula is C16H23N3. The first-order chi connectivity index (χ1) is 9.02. The maximum Gasteiger partial charge on any atom is 0.0728 e. The summed E-state index contributed by atoms with van der Waals surface area (Å²) in [5.74, 6) is 0.432. The summed E-state index contributed by atoms with van der Waals surface area (Å²) in [4.78, 5) is 0. The fraction of sp³-hybridized carbons (Fsp3) is 0.438. The molecule has 0 bridgehead atoms. The maximum atomic E-state index is 4.58. The van der Waals surface area contributed by atoms with Gasteiger partial charge in [-0.15, -0.1) is 0 Å². The van der Waals surface area contributed by atoms with Gasteiger partial charge < -0.3 is 5.32 Å². The number of hydrogen-bond acceptors (Lipinski definition) is 2. The standard InChI is InChI=1S/C16H23N3/c1-11(2)16-15(10-19(5)18-16)14-8-6-7-13(9-14)12(3)17-4/h6-12,17H,1-5H3. The molecule has 1 unspecified atom stereocenters. The topological polar surface area (TPSA) is 29.9 Å². The molecular weight excluding hydrogens is 234 g/mol. The smallest absolute Gasteiger partial charge is 0.0728 e. The number of nitrogens with zero attached hydrogens (tertiary/aromatic N) is 2. The first-order valence-electron chi connectivity index (χ1n) is 6.84. The molecule has 19 heavy (non-hydrogen) atoms. The molecule has 1 aromatic heterocycles. The highest BCUT2D eigenvalue weighted by atomic mass is 15.3. The first kappa shape index (κ1) is 13.8. The summed E-state index contributed by atoms with van der Waals surface area (Å²) >= 11 is 0. The Kier molecular flexibility index (Phi) is 4.05. The van der Waals surface area contributed by atoms with Crippen molar-refractivity contribution < 1.29 is 0 Å². The molecule has 0 aliphatic heterocycles. The highest BCUT2D eigenvalue weighted by Gasteiger charge is 2.14. The summed E-state index contributed by atoms with van der Waals surface area (Å²) in [6, 6.07) is 9.06. The minimum atomic E-state index is 0.360. The summed E-state index contributed by atoms with van der Waals surface area (Å²) in [6.07, 6.45) is 2.11. The minimum absolute atomic E-state index is 0.360. The van der Waals surface area contributed by atoms with Crippen LogP contribution in [-0.2, 0) is 7.05 Å². The molecule has 3 heteroatoms. The maximum absolute atomic E-state index is 4.58. The lowest BCUT2D eigenvalue weighted by Crippen LogP contribution is -2.12. The quantitative estimate of drug-likeness (QED) is 0.908. The molecule has 1 N–H and O–H groups in total. The first-order valence-corrected chi connectivity index (χ1v) is 6.84. The Morgan fingerprint density at radius 3 is 2.58 bits per heavy atom. The van der Waals surface area contributed by atoms with Gasteiger partial charge in [-0.25, -0.2) is 0 Å². The van der Waals surface area contributed by atoms with Crippen molar-refractivity contribution in [3.8, 4) is 11.1 Å². The summed E-state index contributed by atoms with van der Waals surface area (Å²) in [7, 11) is 3.97. The van der Waals surface area contributed by atoms with Crippen LogP contribution in [0, 0.1) is 0 Å². The highest BCUT2D eigenvalue weighted by molar-refractivity contribution is 5.66. The van der Waals surface area contributed by atoms with E-state index in [1.165, 1.54) is 16.7 Å². The van der Waals surface area contributed by atoms with Crippen LogP contribution in [0.15, 0.2) is 30.5 Å². The third-order valence-corrected chi connectivity index (χ3v) is 3.53. The van der Waals surface area contributed by atoms with E-state index in [9.17, 15) is 0 Å². The van der Waals surface area contributed by atoms with E-state index in [1.54, 1.807) is 0 Å². The van der Waals surface area contributed by atoms with E-state index in [0.717, 1.165) is 5.69 Å². The molecule has 1 aromatic carbocycles. The third kappa shape index (κ3) is 2.87. The molecule has 102 valence electrons. The summed E-state index contributed by atoms with van der Waals surface area (Å²) in [5, 5.41) is 7.86. The Hall–Kier alpha value is -1.61. The lowest BCUT2D eigenvalue weighted by molar-refractivity contribution is 0.652. The van der Waals surface area contributed by atoms with Crippen LogP contribution in [0.25, 0.3) is 11.1 Å². The minimum Gasteiger partial charge on any atom is -0.313 e. The average molecular weight is 257 g/mol. The lowest BCUT2D eigenvalue weighted by atomic mass is 9.97. The summed E-state index contributed by atoms with van der Waals surface area (Å²) in [5.41, 5.74) is 4.95. The van der Waals surface area contributed by atoms with E-state index in [0.29, 0.717) is 12.0 Å². The van der Waals surface area contributed by atoms with Crippen LogP contribution >= 0.6 is 0 Å². The van der Waals surface area contributed by atoms with Crippen molar-refractivity contribution in [2.45, 2.75) is 32.7 Å². The van der Waals surface area contributed by atoms with E-state index >= 15 is 0 Å². The lowest BCUT2D eigenvalue weighted by Gasteiger charge is -2.12. The molecule has 0 saturated carbocycles. The Bertz CT molecular complexity index is 555. The fourth-order valence-electron chi connectivity index (χ4n) is 2.30. The number of hydrogen-bond donors (Lipinski definition) is 1. The number of aryl methyl sites for hydroxylation is 1. The van der Waals surface area contributed by atoms with Gasteiger partial charge in [0, 0.05) is 24.8 Å². The van der Waals surface area contributed by atoms with Gasteiger partial charge >= 0.3 is 0 Å². The number of nitrogens with one attached hydrogen (secondary N) is 1. The molecule has 0 aliphatic rings. The van der Waals surface area contributed by atoms with E-state index in [-0.39, 0.29) is 0 Å². The van der Waals surface area contributed by atoms with Crippen LogP contribution in [0.2, 0.25) is 0 Å². The average Bonchev–Trinajstić information content (AvgIpc) is 2.80. The molecule has 1 atom stereocenters. The summed E-state index contributed by atoms with van der Waals surface area (Å²) in [6.45, 7) is 6.55. The monoisotopic (exact) mass is 257 g/mol. The van der Waals surface area contributed by atoms with Crippen molar-refractivity contribution in [3.05, 3.63) is 41.7 Å². The third-order valence-electron chi connectivity index (χ3n) is 3.53. The molecule has 0 aliphatic carbocycles. The molecule has 2 aromatic rings. The molecule has 0 radical (unpaired) electrons. The van der Waals surface area contributed by atoms with Gasteiger partial charge in [0.15, 0.2) is 0 Å². The van der Waals surface area contributed by atoms with Crippen LogP contribution < -0.4 is 5.32 Å². The van der Waals surface area contributed by atoms with Crippen molar-refractivity contribution in [1.82, 2.24) is 15.1 Å². The molecule has 3 nitrogen and oxygen atoms in total. The van der Waals surface area contributed by atoms with Gasteiger partial charge in [0.2, 0.25) is 0 Å². The molecule has 0 saturated heterocycles. The highest BCUT2D eigenvalue weighted by Crippen LogP contribution is 2.29. The molecule has 0 spiro atoms. The van der Waals surface area contributed by atoms with Gasteiger partial charge in [0.1, 0.15) is 0 Å². The predicted molar refractivity (Wildman–Crippen MR) is 80.2 cm³/mol. The van der Waals surface area contributed by atoms with E-state index in [1.807, 2.05) is 18.8 Å². The van der Waals surface area contributed by atoms with Crippen LogP contribution in [-0.4, -0.2) is 16.8 Å². The van der Waals surface area contributed by atoms with Gasteiger partial charge in [0.25, 0.3) is 0 Å². The Balaban J connectivity index is 2.47. The van der Waals surface area contributed by atoms with Gasteiger partial charge in [-0.05, 0) is 37.1 Å². The van der Waals surface area contributed by atoms with Crippen molar-refractivity contribution in [1.29, 1.82) is 0 Å². The number of benzene rings is 1. The zero-order valence-corrected chi connectivity index (χ0v) is 12.4. The molecule has 1 heterocycles. The van der Waals surface area contributed by atoms with E-state index < -0.39 is 0 Å². The molecule has 0 amide bonds. The number of aromatic nitrogens is 2. The van der Waals surface area contributed by atoms with Crippen molar-refractivity contribution in [2.24, 2.45) is 7.05 Å². The SMILES string of the molecule is CNC(C)c1cccc(-c2cn(C)nc2C(C)C)c1. The zero-order chi connectivity index (χ0) is 14.0. The van der Waals surface area contributed by atoms with Gasteiger partial charge in [-0.2, -0.15) is 5.10 Å². The normalized spacial score (nSPS) is 12.9.